The minimum atomic E-state index is -0.119. The molecule has 1 aliphatic heterocycles. The molecule has 0 bridgehead atoms. The zero-order valence-corrected chi connectivity index (χ0v) is 10.1. The van der Waals surface area contributed by atoms with Crippen LogP contribution in [-0.4, -0.2) is 6.54 Å². The second-order valence-electron chi connectivity index (χ2n) is 4.93. The maximum atomic E-state index is 13.3. The van der Waals surface area contributed by atoms with Crippen molar-refractivity contribution >= 4 is 0 Å². The Bertz CT molecular complexity index is 354. The largest absolute Gasteiger partial charge is 0.310 e. The molecule has 1 aliphatic rings. The Morgan fingerprint density at radius 2 is 2.12 bits per heavy atom. The zero-order valence-electron chi connectivity index (χ0n) is 10.1. The van der Waals surface area contributed by atoms with Crippen LogP contribution in [0.25, 0.3) is 0 Å². The van der Waals surface area contributed by atoms with Crippen LogP contribution in [0.2, 0.25) is 0 Å². The van der Waals surface area contributed by atoms with Crippen molar-refractivity contribution in [1.29, 1.82) is 0 Å². The van der Waals surface area contributed by atoms with Crippen molar-refractivity contribution in [2.45, 2.75) is 45.1 Å². The predicted molar refractivity (Wildman–Crippen MR) is 65.1 cm³/mol. The minimum absolute atomic E-state index is 0.119. The topological polar surface area (TPSA) is 12.0 Å². The van der Waals surface area contributed by atoms with Crippen LogP contribution < -0.4 is 5.32 Å². The zero-order chi connectivity index (χ0) is 11.5. The average Bonchev–Trinajstić information content (AvgIpc) is 2.29. The smallest absolute Gasteiger partial charge is 0.123 e. The molecule has 0 aromatic heterocycles. The third-order valence-electron chi connectivity index (χ3n) is 3.36. The van der Waals surface area contributed by atoms with Crippen molar-refractivity contribution in [3.05, 3.63) is 35.1 Å². The van der Waals surface area contributed by atoms with Gasteiger partial charge in [-0.2, -0.15) is 0 Å². The van der Waals surface area contributed by atoms with Gasteiger partial charge in [-0.15, -0.1) is 0 Å². The van der Waals surface area contributed by atoms with Crippen LogP contribution in [-0.2, 0) is 0 Å². The van der Waals surface area contributed by atoms with E-state index < -0.39 is 0 Å². The van der Waals surface area contributed by atoms with Crippen LogP contribution in [0.4, 0.5) is 4.39 Å². The van der Waals surface area contributed by atoms with Gasteiger partial charge in [0.25, 0.3) is 0 Å². The van der Waals surface area contributed by atoms with Gasteiger partial charge in [0.05, 0.1) is 0 Å². The monoisotopic (exact) mass is 221 g/mol. The van der Waals surface area contributed by atoms with Gasteiger partial charge in [-0.05, 0) is 48.6 Å². The lowest BCUT2D eigenvalue weighted by atomic mass is 9.89. The lowest BCUT2D eigenvalue weighted by Gasteiger charge is -2.27. The first-order valence-electron chi connectivity index (χ1n) is 6.21. The molecular formula is C14H20FN. The Hall–Kier alpha value is -0.890. The minimum Gasteiger partial charge on any atom is -0.310 e. The SMILES string of the molecule is CC(C)c1ccc(F)cc1C1CCCCN1. The Kier molecular flexibility index (Phi) is 3.59. The Balaban J connectivity index is 2.32. The van der Waals surface area contributed by atoms with Crippen molar-refractivity contribution in [3.63, 3.8) is 0 Å². The number of halogens is 1. The highest BCUT2D eigenvalue weighted by Crippen LogP contribution is 2.30. The van der Waals surface area contributed by atoms with Crippen molar-refractivity contribution in [3.8, 4) is 0 Å². The van der Waals surface area contributed by atoms with E-state index in [1.54, 1.807) is 12.1 Å². The lowest BCUT2D eigenvalue weighted by molar-refractivity contribution is 0.408. The molecule has 1 saturated heterocycles. The number of hydrogen-bond acceptors (Lipinski definition) is 1. The van der Waals surface area contributed by atoms with E-state index in [-0.39, 0.29) is 5.82 Å². The number of rotatable bonds is 2. The van der Waals surface area contributed by atoms with Crippen LogP contribution in [0.3, 0.4) is 0 Å². The number of benzene rings is 1. The Morgan fingerprint density at radius 1 is 1.31 bits per heavy atom. The van der Waals surface area contributed by atoms with Gasteiger partial charge in [0.2, 0.25) is 0 Å². The molecule has 88 valence electrons. The van der Waals surface area contributed by atoms with E-state index in [4.69, 9.17) is 0 Å². The van der Waals surface area contributed by atoms with E-state index in [1.165, 1.54) is 18.4 Å². The summed E-state index contributed by atoms with van der Waals surface area (Å²) in [6.07, 6.45) is 3.61. The third-order valence-corrected chi connectivity index (χ3v) is 3.36. The average molecular weight is 221 g/mol. The van der Waals surface area contributed by atoms with Crippen LogP contribution in [0.15, 0.2) is 18.2 Å². The van der Waals surface area contributed by atoms with Crippen molar-refractivity contribution in [2.24, 2.45) is 0 Å². The number of nitrogens with one attached hydrogen (secondary N) is 1. The molecule has 1 atom stereocenters. The van der Waals surface area contributed by atoms with E-state index in [9.17, 15) is 4.39 Å². The van der Waals surface area contributed by atoms with Gasteiger partial charge in [0, 0.05) is 6.04 Å². The van der Waals surface area contributed by atoms with Gasteiger partial charge in [-0.1, -0.05) is 26.3 Å². The van der Waals surface area contributed by atoms with Gasteiger partial charge < -0.3 is 5.32 Å². The molecule has 0 aliphatic carbocycles. The summed E-state index contributed by atoms with van der Waals surface area (Å²) in [5.41, 5.74) is 2.44. The van der Waals surface area contributed by atoms with Crippen molar-refractivity contribution in [1.82, 2.24) is 5.32 Å². The first kappa shape index (κ1) is 11.6. The molecular weight excluding hydrogens is 201 g/mol. The summed E-state index contributed by atoms with van der Waals surface area (Å²) in [5, 5.41) is 3.49. The Morgan fingerprint density at radius 3 is 2.75 bits per heavy atom. The summed E-state index contributed by atoms with van der Waals surface area (Å²) >= 11 is 0. The summed E-state index contributed by atoms with van der Waals surface area (Å²) in [5.74, 6) is 0.339. The summed E-state index contributed by atoms with van der Waals surface area (Å²) in [7, 11) is 0. The second kappa shape index (κ2) is 4.96. The first-order chi connectivity index (χ1) is 7.68. The molecule has 0 saturated carbocycles. The van der Waals surface area contributed by atoms with Crippen LogP contribution >= 0.6 is 0 Å². The molecule has 0 spiro atoms. The van der Waals surface area contributed by atoms with Gasteiger partial charge in [-0.3, -0.25) is 0 Å². The highest BCUT2D eigenvalue weighted by Gasteiger charge is 2.19. The first-order valence-corrected chi connectivity index (χ1v) is 6.21. The van der Waals surface area contributed by atoms with Gasteiger partial charge in [0.1, 0.15) is 5.82 Å². The van der Waals surface area contributed by atoms with Crippen molar-refractivity contribution < 1.29 is 4.39 Å². The molecule has 1 aromatic rings. The molecule has 1 heterocycles. The molecule has 1 N–H and O–H groups in total. The van der Waals surface area contributed by atoms with E-state index in [1.807, 2.05) is 6.07 Å². The third kappa shape index (κ3) is 2.43. The van der Waals surface area contributed by atoms with E-state index in [0.29, 0.717) is 12.0 Å². The maximum absolute atomic E-state index is 13.3. The lowest BCUT2D eigenvalue weighted by Crippen LogP contribution is -2.27. The molecule has 2 heteroatoms. The fraction of sp³-hybridized carbons (Fsp3) is 0.571. The summed E-state index contributed by atoms with van der Waals surface area (Å²) in [6.45, 7) is 5.39. The van der Waals surface area contributed by atoms with E-state index in [2.05, 4.69) is 19.2 Å². The van der Waals surface area contributed by atoms with Crippen molar-refractivity contribution in [2.75, 3.05) is 6.54 Å². The fourth-order valence-electron chi connectivity index (χ4n) is 2.49. The molecule has 2 rings (SSSR count). The van der Waals surface area contributed by atoms with Crippen LogP contribution in [0, 0.1) is 5.82 Å². The maximum Gasteiger partial charge on any atom is 0.123 e. The molecule has 1 unspecified atom stereocenters. The van der Waals surface area contributed by atoms with Gasteiger partial charge >= 0.3 is 0 Å². The number of hydrogen-bond donors (Lipinski definition) is 1. The molecule has 0 radical (unpaired) electrons. The molecule has 0 amide bonds. The van der Waals surface area contributed by atoms with Crippen LogP contribution in [0.5, 0.6) is 0 Å². The standard InChI is InChI=1S/C14H20FN/c1-10(2)12-7-6-11(15)9-13(12)14-5-3-4-8-16-14/h6-7,9-10,14,16H,3-5,8H2,1-2H3. The highest BCUT2D eigenvalue weighted by molar-refractivity contribution is 5.33. The van der Waals surface area contributed by atoms with Gasteiger partial charge in [-0.25, -0.2) is 4.39 Å². The summed E-state index contributed by atoms with van der Waals surface area (Å²) < 4.78 is 13.3. The summed E-state index contributed by atoms with van der Waals surface area (Å²) in [4.78, 5) is 0. The number of piperidine rings is 1. The fourth-order valence-corrected chi connectivity index (χ4v) is 2.49. The van der Waals surface area contributed by atoms with Gasteiger partial charge in [0.15, 0.2) is 0 Å². The predicted octanol–water partition coefficient (Wildman–Crippen LogP) is 3.76. The molecule has 1 aromatic carbocycles. The Labute approximate surface area is 97.1 Å². The highest BCUT2D eigenvalue weighted by atomic mass is 19.1. The summed E-state index contributed by atoms with van der Waals surface area (Å²) in [6, 6.07) is 5.56. The van der Waals surface area contributed by atoms with E-state index in [0.717, 1.165) is 18.5 Å². The van der Waals surface area contributed by atoms with Crippen LogP contribution in [0.1, 0.15) is 56.2 Å². The van der Waals surface area contributed by atoms with E-state index >= 15 is 0 Å². The molecule has 1 fully saturated rings. The molecule has 16 heavy (non-hydrogen) atoms. The quantitative estimate of drug-likeness (QED) is 0.801. The molecule has 1 nitrogen and oxygen atoms in total. The normalized spacial score (nSPS) is 21.4. The second-order valence-corrected chi connectivity index (χ2v) is 4.93.